The molecule has 3 heterocycles. The SMILES string of the molecule is COc1ccc(/C=C/C2=[N+]3C(=C(CSS(C)(=O)=O)c4c(C)cc(/C=C/c5ccc(OC)cc5)n4[B-]3(F)F)C(C)=C2)cc1. The van der Waals surface area contributed by atoms with Gasteiger partial charge in [-0.1, -0.05) is 30.3 Å². The van der Waals surface area contributed by atoms with Gasteiger partial charge < -0.3 is 27.1 Å². The number of methoxy groups -OCH3 is 2. The Morgan fingerprint density at radius 2 is 1.45 bits per heavy atom. The third-order valence-electron chi connectivity index (χ3n) is 7.25. The molecule has 0 saturated heterocycles. The summed E-state index contributed by atoms with van der Waals surface area (Å²) in [6.45, 7) is -0.772. The van der Waals surface area contributed by atoms with Crippen LogP contribution in [0.15, 0.2) is 78.0 Å². The molecule has 6 nitrogen and oxygen atoms in total. The third-order valence-corrected chi connectivity index (χ3v) is 9.72. The van der Waals surface area contributed by atoms with Gasteiger partial charge in [-0.3, -0.25) is 0 Å². The van der Waals surface area contributed by atoms with E-state index in [1.54, 1.807) is 64.5 Å². The summed E-state index contributed by atoms with van der Waals surface area (Å²) in [7, 11) is 0.478. The summed E-state index contributed by atoms with van der Waals surface area (Å²) < 4.78 is 70.5. The van der Waals surface area contributed by atoms with E-state index in [1.165, 1.54) is 0 Å². The number of ether oxygens (including phenoxy) is 2. The van der Waals surface area contributed by atoms with E-state index >= 15 is 8.63 Å². The van der Waals surface area contributed by atoms with Gasteiger partial charge in [0.1, 0.15) is 11.5 Å². The van der Waals surface area contributed by atoms with Crippen molar-refractivity contribution in [2.45, 2.75) is 13.8 Å². The maximum Gasteiger partial charge on any atom is 0.737 e. The minimum atomic E-state index is -4.34. The zero-order chi connectivity index (χ0) is 30.2. The number of hydrogen-bond donors (Lipinski definition) is 0. The molecule has 0 spiro atoms. The summed E-state index contributed by atoms with van der Waals surface area (Å²) in [5, 5.41) is 0. The largest absolute Gasteiger partial charge is 0.737 e. The first-order chi connectivity index (χ1) is 19.9. The first-order valence-corrected chi connectivity index (χ1v) is 16.6. The van der Waals surface area contributed by atoms with Crippen LogP contribution in [0.3, 0.4) is 0 Å². The summed E-state index contributed by atoms with van der Waals surface area (Å²) in [4.78, 5) is 0. The van der Waals surface area contributed by atoms with Crippen molar-refractivity contribution in [2.75, 3.05) is 26.2 Å². The quantitative estimate of drug-likeness (QED) is 0.199. The second-order valence-electron chi connectivity index (χ2n) is 10.2. The highest BCUT2D eigenvalue weighted by molar-refractivity contribution is 8.71. The van der Waals surface area contributed by atoms with Crippen LogP contribution >= 0.6 is 10.8 Å². The Labute approximate surface area is 248 Å². The first kappa shape index (κ1) is 29.7. The molecule has 1 aromatic heterocycles. The molecular weight excluding hydrogens is 577 g/mol. The zero-order valence-electron chi connectivity index (χ0n) is 24.0. The minimum Gasteiger partial charge on any atom is -0.497 e. The van der Waals surface area contributed by atoms with E-state index in [1.807, 2.05) is 48.5 Å². The van der Waals surface area contributed by atoms with Gasteiger partial charge in [0, 0.05) is 41.1 Å². The number of fused-ring (bicyclic) bond motifs is 2. The number of benzene rings is 2. The molecular formula is C31H31BF2N2O4S2. The molecule has 2 aliphatic heterocycles. The molecule has 3 aromatic rings. The number of nitrogens with zero attached hydrogens (tertiary/aromatic N) is 2. The second-order valence-corrected chi connectivity index (χ2v) is 14.6. The van der Waals surface area contributed by atoms with Gasteiger partial charge in [0.05, 0.1) is 19.8 Å². The molecule has 11 heteroatoms. The van der Waals surface area contributed by atoms with Crippen molar-refractivity contribution in [2.24, 2.45) is 0 Å². The summed E-state index contributed by atoms with van der Waals surface area (Å²) in [5.74, 6) is 1.43. The Kier molecular flexibility index (Phi) is 8.09. The highest BCUT2D eigenvalue weighted by Crippen LogP contribution is 2.43. The van der Waals surface area contributed by atoms with Crippen molar-refractivity contribution >= 4 is 56.1 Å². The molecule has 5 rings (SSSR count). The summed E-state index contributed by atoms with van der Waals surface area (Å²) in [6, 6.07) is 16.3. The van der Waals surface area contributed by atoms with Crippen LogP contribution in [0.2, 0.25) is 0 Å². The second kappa shape index (κ2) is 11.5. The van der Waals surface area contributed by atoms with E-state index in [2.05, 4.69) is 0 Å². The molecule has 0 radical (unpaired) electrons. The molecule has 0 saturated carbocycles. The molecule has 218 valence electrons. The maximum absolute atomic E-state index is 16.8. The van der Waals surface area contributed by atoms with Crippen molar-refractivity contribution in [3.63, 3.8) is 0 Å². The zero-order valence-corrected chi connectivity index (χ0v) is 25.6. The standard InChI is InChI=1S/C31H31BF2N2O4S2/c1-21-18-25(12-6-23-8-14-27(39-3)15-9-23)35-30(21)29(20-41-42(5,37)38)31-22(2)19-26(36(31)32(35,33)34)13-7-24-10-16-28(40-4)17-11-24/h6-19H,20H2,1-5H3/b12-6+,13-7+. The van der Waals surface area contributed by atoms with Gasteiger partial charge in [-0.25, -0.2) is 8.42 Å². The van der Waals surface area contributed by atoms with Crippen LogP contribution in [-0.2, 0) is 8.87 Å². The van der Waals surface area contributed by atoms with Crippen LogP contribution in [0.5, 0.6) is 11.5 Å². The first-order valence-electron chi connectivity index (χ1n) is 13.2. The highest BCUT2D eigenvalue weighted by Gasteiger charge is 2.55. The van der Waals surface area contributed by atoms with Crippen LogP contribution in [0.1, 0.15) is 35.0 Å². The van der Waals surface area contributed by atoms with Gasteiger partial charge in [0.25, 0.3) is 0 Å². The number of aryl methyl sites for hydroxylation is 1. The number of halogens is 2. The summed E-state index contributed by atoms with van der Waals surface area (Å²) in [5.41, 5.74) is 4.87. The lowest BCUT2D eigenvalue weighted by atomic mass is 9.86. The molecule has 2 aromatic carbocycles. The van der Waals surface area contributed by atoms with Crippen molar-refractivity contribution < 1.29 is 31.0 Å². The Balaban J connectivity index is 1.66. The smallest absolute Gasteiger partial charge is 0.497 e. The predicted octanol–water partition coefficient (Wildman–Crippen LogP) is 6.75. The minimum absolute atomic E-state index is 0.0317. The average molecular weight is 609 g/mol. The Bertz CT molecular complexity index is 1800. The number of allylic oxidation sites excluding steroid dienone is 3. The molecule has 0 N–H and O–H groups in total. The van der Waals surface area contributed by atoms with Crippen LogP contribution in [0.4, 0.5) is 8.63 Å². The lowest BCUT2D eigenvalue weighted by molar-refractivity contribution is -0.362. The molecule has 0 bridgehead atoms. The van der Waals surface area contributed by atoms with Gasteiger partial charge >= 0.3 is 6.97 Å². The number of aromatic nitrogens is 1. The van der Waals surface area contributed by atoms with E-state index in [4.69, 9.17) is 9.47 Å². The van der Waals surface area contributed by atoms with E-state index in [-0.39, 0.29) is 5.75 Å². The average Bonchev–Trinajstić information content (AvgIpc) is 3.48. The van der Waals surface area contributed by atoms with Gasteiger partial charge in [0.15, 0.2) is 20.3 Å². The Hall–Kier alpha value is -3.83. The van der Waals surface area contributed by atoms with E-state index < -0.39 is 15.8 Å². The van der Waals surface area contributed by atoms with E-state index in [0.717, 1.165) is 37.1 Å². The number of hydrogen-bond acceptors (Lipinski definition) is 5. The molecule has 0 amide bonds. The van der Waals surface area contributed by atoms with E-state index in [9.17, 15) is 8.42 Å². The van der Waals surface area contributed by atoms with Crippen LogP contribution in [0.25, 0.3) is 23.8 Å². The Morgan fingerprint density at radius 1 is 0.905 bits per heavy atom. The van der Waals surface area contributed by atoms with E-state index in [0.29, 0.717) is 51.0 Å². The van der Waals surface area contributed by atoms with Crippen LogP contribution in [-0.4, -0.2) is 56.3 Å². The fraction of sp³-hybridized carbons (Fsp3) is 0.194. The molecule has 0 unspecified atom stereocenters. The summed E-state index contributed by atoms with van der Waals surface area (Å²) in [6.07, 6.45) is 9.75. The molecule has 0 aliphatic carbocycles. The fourth-order valence-corrected chi connectivity index (χ4v) is 6.98. The van der Waals surface area contributed by atoms with Gasteiger partial charge in [0.2, 0.25) is 0 Å². The summed E-state index contributed by atoms with van der Waals surface area (Å²) >= 11 is 0. The fourth-order valence-electron chi connectivity index (χ4n) is 5.37. The molecule has 42 heavy (non-hydrogen) atoms. The molecule has 0 atom stereocenters. The van der Waals surface area contributed by atoms with Crippen LogP contribution < -0.4 is 9.47 Å². The van der Waals surface area contributed by atoms with Gasteiger partial charge in [-0.05, 0) is 83.8 Å². The van der Waals surface area contributed by atoms with Gasteiger partial charge in [-0.15, -0.1) is 0 Å². The lowest BCUT2D eigenvalue weighted by Crippen LogP contribution is -2.51. The third kappa shape index (κ3) is 5.76. The monoisotopic (exact) mass is 608 g/mol. The topological polar surface area (TPSA) is 60.5 Å². The Morgan fingerprint density at radius 3 is 1.98 bits per heavy atom. The normalized spacial score (nSPS) is 16.3. The number of rotatable bonds is 9. The maximum atomic E-state index is 16.8. The van der Waals surface area contributed by atoms with Crippen LogP contribution in [0, 0.1) is 6.92 Å². The molecule has 2 aliphatic rings. The van der Waals surface area contributed by atoms with Crippen molar-refractivity contribution in [3.05, 3.63) is 106 Å². The molecule has 0 fully saturated rings. The van der Waals surface area contributed by atoms with Crippen molar-refractivity contribution in [1.82, 2.24) is 4.48 Å². The van der Waals surface area contributed by atoms with Gasteiger partial charge in [-0.2, -0.15) is 0 Å². The predicted molar refractivity (Wildman–Crippen MR) is 170 cm³/mol. The lowest BCUT2D eigenvalue weighted by Gasteiger charge is -2.33. The highest BCUT2D eigenvalue weighted by atomic mass is 33.1. The van der Waals surface area contributed by atoms with Crippen molar-refractivity contribution in [3.8, 4) is 11.5 Å². The van der Waals surface area contributed by atoms with Crippen molar-refractivity contribution in [1.29, 1.82) is 0 Å².